The number of nitrogens with one attached hydrogen (secondary N) is 2. The highest BCUT2D eigenvalue weighted by Gasteiger charge is 2.35. The molecule has 0 saturated carbocycles. The number of nitro benzene ring substituents is 1. The van der Waals surface area contributed by atoms with Crippen molar-refractivity contribution in [1.82, 2.24) is 15.5 Å². The number of carbonyl (C=O) groups excluding carboxylic acids is 2. The molecular formula is C19H26F3N5O4. The summed E-state index contributed by atoms with van der Waals surface area (Å²) in [5, 5.41) is 16.2. The second kappa shape index (κ2) is 9.08. The van der Waals surface area contributed by atoms with Gasteiger partial charge in [0.2, 0.25) is 5.91 Å². The van der Waals surface area contributed by atoms with Crippen molar-refractivity contribution in [3.05, 3.63) is 33.9 Å². The van der Waals surface area contributed by atoms with Gasteiger partial charge in [-0.2, -0.15) is 13.2 Å². The lowest BCUT2D eigenvalue weighted by atomic mass is 10.1. The van der Waals surface area contributed by atoms with Crippen LogP contribution in [0.25, 0.3) is 0 Å². The van der Waals surface area contributed by atoms with E-state index < -0.39 is 45.9 Å². The molecule has 0 aromatic heterocycles. The van der Waals surface area contributed by atoms with Crippen LogP contribution in [0.1, 0.15) is 33.3 Å². The maximum Gasteiger partial charge on any atom is 0.416 e. The number of rotatable bonds is 4. The van der Waals surface area contributed by atoms with E-state index in [4.69, 9.17) is 0 Å². The molecule has 1 atom stereocenters. The van der Waals surface area contributed by atoms with Crippen molar-refractivity contribution in [3.63, 3.8) is 0 Å². The molecule has 1 aromatic carbocycles. The summed E-state index contributed by atoms with van der Waals surface area (Å²) in [7, 11) is 0. The van der Waals surface area contributed by atoms with E-state index in [-0.39, 0.29) is 18.8 Å². The number of alkyl halides is 3. The fourth-order valence-electron chi connectivity index (χ4n) is 3.22. The summed E-state index contributed by atoms with van der Waals surface area (Å²) in [6.07, 6.45) is -4.68. The molecule has 9 nitrogen and oxygen atoms in total. The summed E-state index contributed by atoms with van der Waals surface area (Å²) >= 11 is 0. The van der Waals surface area contributed by atoms with Crippen LogP contribution in [0.5, 0.6) is 0 Å². The van der Waals surface area contributed by atoms with Crippen LogP contribution in [-0.4, -0.2) is 59.5 Å². The first kappa shape index (κ1) is 24.4. The van der Waals surface area contributed by atoms with Crippen molar-refractivity contribution in [2.24, 2.45) is 0 Å². The topological polar surface area (TPSA) is 108 Å². The third-order valence-corrected chi connectivity index (χ3v) is 4.81. The van der Waals surface area contributed by atoms with Gasteiger partial charge in [-0.1, -0.05) is 0 Å². The first-order valence-electron chi connectivity index (χ1n) is 9.66. The molecule has 1 fully saturated rings. The number of amides is 3. The molecule has 0 spiro atoms. The Morgan fingerprint density at radius 2 is 1.71 bits per heavy atom. The van der Waals surface area contributed by atoms with Crippen molar-refractivity contribution in [2.45, 2.75) is 45.5 Å². The maximum absolute atomic E-state index is 12.9. The van der Waals surface area contributed by atoms with Crippen LogP contribution in [0, 0.1) is 10.1 Å². The summed E-state index contributed by atoms with van der Waals surface area (Å²) in [6, 6.07) is 1.21. The normalized spacial score (nSPS) is 16.5. The summed E-state index contributed by atoms with van der Waals surface area (Å²) < 4.78 is 38.7. The Bertz CT molecular complexity index is 846. The van der Waals surface area contributed by atoms with Crippen LogP contribution < -0.4 is 15.5 Å². The molecule has 1 aliphatic rings. The third kappa shape index (κ3) is 6.54. The fourth-order valence-corrected chi connectivity index (χ4v) is 3.22. The number of nitrogens with zero attached hydrogens (tertiary/aromatic N) is 3. The van der Waals surface area contributed by atoms with Crippen LogP contribution in [0.3, 0.4) is 0 Å². The number of imide groups is 1. The van der Waals surface area contributed by atoms with Gasteiger partial charge in [0.1, 0.15) is 5.69 Å². The number of hydrogen-bond acceptors (Lipinski definition) is 6. The Kier molecular flexibility index (Phi) is 7.14. The number of benzene rings is 1. The molecule has 0 radical (unpaired) electrons. The van der Waals surface area contributed by atoms with E-state index in [1.165, 1.54) is 0 Å². The van der Waals surface area contributed by atoms with Gasteiger partial charge in [-0.25, -0.2) is 4.79 Å². The second-order valence-electron chi connectivity index (χ2n) is 8.35. The van der Waals surface area contributed by atoms with E-state index in [9.17, 15) is 32.9 Å². The quantitative estimate of drug-likeness (QED) is 0.545. The molecule has 2 rings (SSSR count). The number of anilines is 1. The molecule has 172 valence electrons. The van der Waals surface area contributed by atoms with Crippen LogP contribution >= 0.6 is 0 Å². The van der Waals surface area contributed by atoms with Gasteiger partial charge < -0.3 is 10.2 Å². The summed E-state index contributed by atoms with van der Waals surface area (Å²) in [5.74, 6) is -0.490. The molecule has 0 aliphatic carbocycles. The average molecular weight is 445 g/mol. The molecule has 0 bridgehead atoms. The van der Waals surface area contributed by atoms with Crippen molar-refractivity contribution in [3.8, 4) is 0 Å². The van der Waals surface area contributed by atoms with Crippen molar-refractivity contribution >= 4 is 23.3 Å². The van der Waals surface area contributed by atoms with Gasteiger partial charge in [-0.15, -0.1) is 0 Å². The molecule has 1 saturated heterocycles. The minimum absolute atomic E-state index is 0.0966. The number of halogens is 3. The van der Waals surface area contributed by atoms with E-state index in [0.717, 1.165) is 12.1 Å². The maximum atomic E-state index is 12.9. The molecule has 31 heavy (non-hydrogen) atoms. The van der Waals surface area contributed by atoms with Gasteiger partial charge in [-0.3, -0.25) is 25.1 Å². The lowest BCUT2D eigenvalue weighted by Crippen LogP contribution is -2.56. The summed E-state index contributed by atoms with van der Waals surface area (Å²) in [5.41, 5.74) is -2.11. The summed E-state index contributed by atoms with van der Waals surface area (Å²) in [4.78, 5) is 38.1. The number of piperazine rings is 1. The lowest BCUT2D eigenvalue weighted by molar-refractivity contribution is -0.384. The van der Waals surface area contributed by atoms with Crippen LogP contribution in [0.2, 0.25) is 0 Å². The molecule has 1 aromatic rings. The van der Waals surface area contributed by atoms with E-state index in [0.29, 0.717) is 19.2 Å². The number of hydrogen-bond donors (Lipinski definition) is 2. The first-order chi connectivity index (χ1) is 14.2. The van der Waals surface area contributed by atoms with Crippen molar-refractivity contribution in [2.75, 3.05) is 31.1 Å². The Balaban J connectivity index is 2.03. The van der Waals surface area contributed by atoms with Crippen LogP contribution in [0.15, 0.2) is 18.2 Å². The smallest absolute Gasteiger partial charge is 0.363 e. The minimum Gasteiger partial charge on any atom is -0.363 e. The zero-order valence-corrected chi connectivity index (χ0v) is 17.7. The highest BCUT2D eigenvalue weighted by atomic mass is 19.4. The van der Waals surface area contributed by atoms with Crippen molar-refractivity contribution in [1.29, 1.82) is 0 Å². The van der Waals surface area contributed by atoms with Gasteiger partial charge in [-0.05, 0) is 39.8 Å². The highest BCUT2D eigenvalue weighted by molar-refractivity contribution is 5.97. The molecule has 12 heteroatoms. The molecule has 2 N–H and O–H groups in total. The third-order valence-electron chi connectivity index (χ3n) is 4.81. The highest BCUT2D eigenvalue weighted by Crippen LogP contribution is 2.36. The minimum atomic E-state index is -4.68. The second-order valence-corrected chi connectivity index (χ2v) is 8.35. The fraction of sp³-hybridized carbons (Fsp3) is 0.579. The number of nitro groups is 1. The lowest BCUT2D eigenvalue weighted by Gasteiger charge is -2.38. The van der Waals surface area contributed by atoms with Gasteiger partial charge in [0.25, 0.3) is 5.69 Å². The van der Waals surface area contributed by atoms with Crippen LogP contribution in [0.4, 0.5) is 29.3 Å². The molecule has 1 heterocycles. The first-order valence-corrected chi connectivity index (χ1v) is 9.66. The van der Waals surface area contributed by atoms with E-state index >= 15 is 0 Å². The average Bonchev–Trinajstić information content (AvgIpc) is 2.64. The number of urea groups is 1. The Hall–Kier alpha value is -2.89. The molecule has 3 amide bonds. The molecule has 1 unspecified atom stereocenters. The number of carbonyl (C=O) groups is 2. The van der Waals surface area contributed by atoms with Gasteiger partial charge >= 0.3 is 12.2 Å². The van der Waals surface area contributed by atoms with Gasteiger partial charge in [0, 0.05) is 37.8 Å². The Labute approximate surface area is 177 Å². The monoisotopic (exact) mass is 445 g/mol. The van der Waals surface area contributed by atoms with Gasteiger partial charge in [0.05, 0.1) is 16.5 Å². The zero-order valence-electron chi connectivity index (χ0n) is 17.7. The Morgan fingerprint density at radius 3 is 2.19 bits per heavy atom. The molecule has 1 aliphatic heterocycles. The van der Waals surface area contributed by atoms with E-state index in [1.54, 1.807) is 37.5 Å². The van der Waals surface area contributed by atoms with Crippen molar-refractivity contribution < 1.29 is 27.7 Å². The van der Waals surface area contributed by atoms with E-state index in [1.807, 2.05) is 0 Å². The van der Waals surface area contributed by atoms with E-state index in [2.05, 4.69) is 10.6 Å². The summed E-state index contributed by atoms with van der Waals surface area (Å²) in [6.45, 7) is 8.20. The van der Waals surface area contributed by atoms with Crippen LogP contribution in [-0.2, 0) is 11.0 Å². The standard InChI is InChI=1S/C19H26F3N5O4/c1-12(16(28)23-17(29)24-18(2,3)4)25-7-9-26(10-8-25)14-6-5-13(19(20,21)22)11-15(14)27(30)31/h5-6,11-12H,7-10H2,1-4H3,(H2,23,24,28,29). The predicted molar refractivity (Wildman–Crippen MR) is 108 cm³/mol. The predicted octanol–water partition coefficient (Wildman–Crippen LogP) is 2.75. The largest absolute Gasteiger partial charge is 0.416 e. The molecular weight excluding hydrogens is 419 g/mol. The zero-order chi connectivity index (χ0) is 23.6. The SMILES string of the molecule is CC(C(=O)NC(=O)NC(C)(C)C)N1CCN(c2ccc(C(F)(F)F)cc2[N+](=O)[O-])CC1. The van der Waals surface area contributed by atoms with Gasteiger partial charge in [0.15, 0.2) is 0 Å². The Morgan fingerprint density at radius 1 is 1.13 bits per heavy atom.